The summed E-state index contributed by atoms with van der Waals surface area (Å²) in [6.07, 6.45) is 0.308. The Morgan fingerprint density at radius 2 is 1.96 bits per heavy atom. The zero-order valence-corrected chi connectivity index (χ0v) is 13.8. The molecule has 0 saturated heterocycles. The number of benzene rings is 2. The lowest BCUT2D eigenvalue weighted by Crippen LogP contribution is -2.31. The number of aliphatic imine (C=N–C) groups is 1. The van der Waals surface area contributed by atoms with E-state index in [1.807, 2.05) is 22.8 Å². The van der Waals surface area contributed by atoms with Gasteiger partial charge < -0.3 is 15.2 Å². The first-order valence-corrected chi connectivity index (χ1v) is 8.36. The summed E-state index contributed by atoms with van der Waals surface area (Å²) in [6.45, 7) is 1.20. The largest absolute Gasteiger partial charge is 0.489 e. The van der Waals surface area contributed by atoms with Crippen molar-refractivity contribution >= 4 is 22.9 Å². The van der Waals surface area contributed by atoms with Gasteiger partial charge in [-0.3, -0.25) is 9.88 Å². The minimum Gasteiger partial charge on any atom is -0.489 e. The van der Waals surface area contributed by atoms with Crippen LogP contribution in [0, 0.1) is 5.82 Å². The van der Waals surface area contributed by atoms with Crippen LogP contribution in [0.4, 0.5) is 10.3 Å². The quantitative estimate of drug-likeness (QED) is 0.702. The number of fused-ring (bicyclic) bond motifs is 4. The third-order valence-corrected chi connectivity index (χ3v) is 4.45. The number of anilines is 1. The molecule has 8 heteroatoms. The standard InChI is InChI=1S/C18H16FN5O2/c19-11-4-1-3-10(7-11)16-22-17(20)23-18-21-12-8-14-15(9-13(12)24(16)18)26-6-2-5-25-14/h1,3-4,7-9,16H,2,5-6H2,(H3,20,21,22,23)/t16-/m1/s1. The molecule has 0 bridgehead atoms. The van der Waals surface area contributed by atoms with E-state index in [1.54, 1.807) is 6.07 Å². The Morgan fingerprint density at radius 3 is 2.77 bits per heavy atom. The maximum absolute atomic E-state index is 13.7. The van der Waals surface area contributed by atoms with Gasteiger partial charge in [0.1, 0.15) is 5.82 Å². The molecule has 7 nitrogen and oxygen atoms in total. The number of rotatable bonds is 1. The van der Waals surface area contributed by atoms with E-state index in [2.05, 4.69) is 15.3 Å². The Morgan fingerprint density at radius 1 is 1.15 bits per heavy atom. The molecule has 0 saturated carbocycles. The summed E-state index contributed by atoms with van der Waals surface area (Å²) in [5, 5.41) is 2.97. The normalized spacial score (nSPS) is 18.7. The number of aromatic nitrogens is 2. The molecule has 2 aliphatic rings. The molecule has 3 aromatic rings. The number of ether oxygens (including phenoxy) is 2. The number of halogens is 1. The van der Waals surface area contributed by atoms with Gasteiger partial charge >= 0.3 is 0 Å². The average molecular weight is 353 g/mol. The maximum atomic E-state index is 13.7. The Bertz CT molecular complexity index is 1050. The fourth-order valence-electron chi connectivity index (χ4n) is 3.31. The number of nitrogens with one attached hydrogen (secondary N) is 1. The summed E-state index contributed by atoms with van der Waals surface area (Å²) in [7, 11) is 0. The lowest BCUT2D eigenvalue weighted by Gasteiger charge is -2.24. The van der Waals surface area contributed by atoms with Gasteiger partial charge in [0, 0.05) is 18.6 Å². The van der Waals surface area contributed by atoms with Crippen molar-refractivity contribution in [3.63, 3.8) is 0 Å². The van der Waals surface area contributed by atoms with E-state index in [0.717, 1.165) is 17.5 Å². The van der Waals surface area contributed by atoms with Crippen LogP contribution in [-0.2, 0) is 0 Å². The number of nitrogens with zero attached hydrogens (tertiary/aromatic N) is 3. The SMILES string of the molecule is NC1=N[C@@H](c2cccc(F)c2)n2c(nc3cc4c(cc32)OCCCO4)N1. The van der Waals surface area contributed by atoms with Gasteiger partial charge in [0.25, 0.3) is 0 Å². The minimum absolute atomic E-state index is 0.233. The molecular weight excluding hydrogens is 337 g/mol. The highest BCUT2D eigenvalue weighted by atomic mass is 19.1. The van der Waals surface area contributed by atoms with Crippen molar-refractivity contribution in [2.24, 2.45) is 10.7 Å². The van der Waals surface area contributed by atoms with E-state index in [0.29, 0.717) is 36.2 Å². The van der Waals surface area contributed by atoms with Gasteiger partial charge in [0.15, 0.2) is 23.6 Å². The fourth-order valence-corrected chi connectivity index (χ4v) is 3.31. The van der Waals surface area contributed by atoms with Gasteiger partial charge in [-0.25, -0.2) is 14.4 Å². The Kier molecular flexibility index (Phi) is 3.24. The first-order valence-electron chi connectivity index (χ1n) is 8.36. The van der Waals surface area contributed by atoms with Crippen LogP contribution in [0.1, 0.15) is 18.2 Å². The molecule has 1 atom stereocenters. The number of hydrogen-bond acceptors (Lipinski definition) is 6. The summed E-state index contributed by atoms with van der Waals surface area (Å²) in [6, 6.07) is 10.1. The monoisotopic (exact) mass is 353 g/mol. The zero-order chi connectivity index (χ0) is 17.7. The van der Waals surface area contributed by atoms with Crippen LogP contribution < -0.4 is 20.5 Å². The number of guanidine groups is 1. The Labute approximate surface area is 148 Å². The van der Waals surface area contributed by atoms with E-state index in [4.69, 9.17) is 15.2 Å². The molecule has 0 radical (unpaired) electrons. The zero-order valence-electron chi connectivity index (χ0n) is 13.8. The lowest BCUT2D eigenvalue weighted by molar-refractivity contribution is 0.297. The van der Waals surface area contributed by atoms with E-state index >= 15 is 0 Å². The van der Waals surface area contributed by atoms with Gasteiger partial charge in [-0.05, 0) is 17.7 Å². The summed E-state index contributed by atoms with van der Waals surface area (Å²) >= 11 is 0. The second-order valence-corrected chi connectivity index (χ2v) is 6.21. The number of hydrogen-bond donors (Lipinski definition) is 2. The highest BCUT2D eigenvalue weighted by Crippen LogP contribution is 2.38. The third-order valence-electron chi connectivity index (χ3n) is 4.45. The summed E-state index contributed by atoms with van der Waals surface area (Å²) in [5.41, 5.74) is 8.14. The van der Waals surface area contributed by atoms with Crippen LogP contribution in [-0.4, -0.2) is 28.7 Å². The van der Waals surface area contributed by atoms with Crippen LogP contribution in [0.2, 0.25) is 0 Å². The average Bonchev–Trinajstić information content (AvgIpc) is 2.81. The minimum atomic E-state index is -0.517. The molecule has 2 aliphatic heterocycles. The van der Waals surface area contributed by atoms with Crippen molar-refractivity contribution in [3.8, 4) is 11.5 Å². The maximum Gasteiger partial charge on any atom is 0.212 e. The predicted molar refractivity (Wildman–Crippen MR) is 95.1 cm³/mol. The highest BCUT2D eigenvalue weighted by Gasteiger charge is 2.27. The topological polar surface area (TPSA) is 86.7 Å². The molecule has 0 unspecified atom stereocenters. The molecule has 5 rings (SSSR count). The van der Waals surface area contributed by atoms with E-state index in [-0.39, 0.29) is 11.8 Å². The molecule has 26 heavy (non-hydrogen) atoms. The van der Waals surface area contributed by atoms with Gasteiger partial charge in [0.2, 0.25) is 5.95 Å². The Hall–Kier alpha value is -3.29. The van der Waals surface area contributed by atoms with Gasteiger partial charge in [-0.2, -0.15) is 0 Å². The molecule has 132 valence electrons. The van der Waals surface area contributed by atoms with Crippen LogP contribution in [0.3, 0.4) is 0 Å². The molecular formula is C18H16FN5O2. The van der Waals surface area contributed by atoms with Crippen LogP contribution >= 0.6 is 0 Å². The van der Waals surface area contributed by atoms with E-state index < -0.39 is 6.17 Å². The smallest absolute Gasteiger partial charge is 0.212 e. The van der Waals surface area contributed by atoms with Crippen LogP contribution in [0.5, 0.6) is 11.5 Å². The molecule has 3 heterocycles. The van der Waals surface area contributed by atoms with Crippen molar-refractivity contribution in [2.75, 3.05) is 18.5 Å². The third kappa shape index (κ3) is 2.33. The first-order chi connectivity index (χ1) is 12.7. The van der Waals surface area contributed by atoms with Crippen LogP contribution in [0.25, 0.3) is 11.0 Å². The molecule has 0 amide bonds. The molecule has 2 aromatic carbocycles. The second kappa shape index (κ2) is 5.62. The van der Waals surface area contributed by atoms with Crippen molar-refractivity contribution < 1.29 is 13.9 Å². The number of imidazole rings is 1. The van der Waals surface area contributed by atoms with Gasteiger partial charge in [-0.15, -0.1) is 0 Å². The first kappa shape index (κ1) is 15.0. The molecule has 1 aromatic heterocycles. The second-order valence-electron chi connectivity index (χ2n) is 6.21. The molecule has 0 fully saturated rings. The van der Waals surface area contributed by atoms with Crippen molar-refractivity contribution in [1.82, 2.24) is 9.55 Å². The highest BCUT2D eigenvalue weighted by molar-refractivity contribution is 5.95. The summed E-state index contributed by atoms with van der Waals surface area (Å²) < 4.78 is 27.2. The predicted octanol–water partition coefficient (Wildman–Crippen LogP) is 2.62. The van der Waals surface area contributed by atoms with Gasteiger partial charge in [0.05, 0.1) is 24.2 Å². The van der Waals surface area contributed by atoms with E-state index in [1.165, 1.54) is 12.1 Å². The van der Waals surface area contributed by atoms with E-state index in [9.17, 15) is 4.39 Å². The molecule has 0 spiro atoms. The summed E-state index contributed by atoms with van der Waals surface area (Å²) in [4.78, 5) is 9.06. The lowest BCUT2D eigenvalue weighted by atomic mass is 10.1. The van der Waals surface area contributed by atoms with Crippen molar-refractivity contribution in [2.45, 2.75) is 12.6 Å². The van der Waals surface area contributed by atoms with Crippen molar-refractivity contribution in [1.29, 1.82) is 0 Å². The Balaban J connectivity index is 1.72. The molecule has 0 aliphatic carbocycles. The van der Waals surface area contributed by atoms with Gasteiger partial charge in [-0.1, -0.05) is 12.1 Å². The fraction of sp³-hybridized carbons (Fsp3) is 0.222. The number of nitrogens with two attached hydrogens (primary N) is 1. The molecule has 3 N–H and O–H groups in total. The van der Waals surface area contributed by atoms with Crippen molar-refractivity contribution in [3.05, 3.63) is 47.8 Å². The summed E-state index contributed by atoms with van der Waals surface area (Å²) in [5.74, 6) is 1.78. The van der Waals surface area contributed by atoms with Crippen LogP contribution in [0.15, 0.2) is 41.4 Å².